The van der Waals surface area contributed by atoms with E-state index in [1.165, 1.54) is 38.5 Å². The van der Waals surface area contributed by atoms with Gasteiger partial charge >= 0.3 is 0 Å². The van der Waals surface area contributed by atoms with E-state index < -0.39 is 0 Å². The number of hydrogen-bond donors (Lipinski definition) is 1. The number of allylic oxidation sites excluding steroid dienone is 1. The van der Waals surface area contributed by atoms with Crippen LogP contribution in [-0.4, -0.2) is 23.9 Å². The molecule has 0 atom stereocenters. The van der Waals surface area contributed by atoms with E-state index in [0.29, 0.717) is 0 Å². The van der Waals surface area contributed by atoms with Crippen molar-refractivity contribution in [2.75, 3.05) is 0 Å². The van der Waals surface area contributed by atoms with Crippen molar-refractivity contribution in [1.82, 2.24) is 5.48 Å². The van der Waals surface area contributed by atoms with Gasteiger partial charge in [0.1, 0.15) is 0 Å². The molecule has 0 saturated heterocycles. The predicted octanol–water partition coefficient (Wildman–Crippen LogP) is 5.97. The van der Waals surface area contributed by atoms with Gasteiger partial charge in [-0.3, -0.25) is 0 Å². The third kappa shape index (κ3) is 36.1. The van der Waals surface area contributed by atoms with Gasteiger partial charge in [0, 0.05) is 30.8 Å². The van der Waals surface area contributed by atoms with Crippen LogP contribution < -0.4 is 5.48 Å². The SMILES string of the molecule is CC1=C=C(C)ON1.CCCC.CCCC.CCCC.[Sn]. The quantitative estimate of drug-likeness (QED) is 0.474. The summed E-state index contributed by atoms with van der Waals surface area (Å²) in [6.45, 7) is 16.8. The summed E-state index contributed by atoms with van der Waals surface area (Å²) >= 11 is 0. The van der Waals surface area contributed by atoms with Crippen LogP contribution in [0, 0.1) is 0 Å². The maximum absolute atomic E-state index is 4.78. The summed E-state index contributed by atoms with van der Waals surface area (Å²) in [5.74, 6) is 0.803. The molecule has 0 aromatic heterocycles. The van der Waals surface area contributed by atoms with E-state index in [4.69, 9.17) is 4.84 Å². The fraction of sp³-hybridized carbons (Fsp3) is 0.824. The van der Waals surface area contributed by atoms with Crippen molar-refractivity contribution < 1.29 is 4.84 Å². The maximum atomic E-state index is 4.78. The van der Waals surface area contributed by atoms with Crippen LogP contribution in [0.1, 0.15) is 93.9 Å². The third-order valence-corrected chi connectivity index (χ3v) is 2.22. The standard InChI is InChI=1S/C5H7NO.3C4H10.Sn/c1-4-3-5(2)7-6-4;3*1-3-4-2;/h6H,1-2H3;3*3-4H2,1-2H3;. The van der Waals surface area contributed by atoms with Gasteiger partial charge in [0.05, 0.1) is 5.70 Å². The molecule has 2 nitrogen and oxygen atoms in total. The first kappa shape index (κ1) is 28.1. The molecule has 0 aromatic carbocycles. The Labute approximate surface area is 145 Å². The van der Waals surface area contributed by atoms with E-state index in [-0.39, 0.29) is 23.9 Å². The third-order valence-electron chi connectivity index (χ3n) is 2.22. The molecule has 0 aliphatic carbocycles. The van der Waals surface area contributed by atoms with Crippen LogP contribution in [0.5, 0.6) is 0 Å². The fourth-order valence-corrected chi connectivity index (χ4v) is 0.468. The van der Waals surface area contributed by atoms with Crippen LogP contribution in [-0.2, 0) is 4.84 Å². The Hall–Kier alpha value is -0.0813. The van der Waals surface area contributed by atoms with Crippen molar-refractivity contribution >= 4 is 23.9 Å². The Balaban J connectivity index is -0.0000000881. The summed E-state index contributed by atoms with van der Waals surface area (Å²) in [7, 11) is 0. The van der Waals surface area contributed by atoms with Gasteiger partial charge in [0.2, 0.25) is 0 Å². The van der Waals surface area contributed by atoms with Gasteiger partial charge in [-0.2, -0.15) is 0 Å². The summed E-state index contributed by atoms with van der Waals surface area (Å²) in [5, 5.41) is 0. The van der Waals surface area contributed by atoms with Crippen molar-refractivity contribution in [3.8, 4) is 0 Å². The molecule has 1 aliphatic heterocycles. The summed E-state index contributed by atoms with van der Waals surface area (Å²) in [4.78, 5) is 4.78. The number of hydrogen-bond acceptors (Lipinski definition) is 2. The molecule has 0 bridgehead atoms. The van der Waals surface area contributed by atoms with Crippen LogP contribution in [0.4, 0.5) is 0 Å². The molecule has 0 aromatic rings. The Morgan fingerprint density at radius 3 is 1.10 bits per heavy atom. The molecule has 1 N–H and O–H groups in total. The molecule has 20 heavy (non-hydrogen) atoms. The van der Waals surface area contributed by atoms with Gasteiger partial charge in [0.15, 0.2) is 5.76 Å². The number of hydroxylamine groups is 1. The summed E-state index contributed by atoms with van der Waals surface area (Å²) in [5.41, 5.74) is 6.50. The summed E-state index contributed by atoms with van der Waals surface area (Å²) in [6, 6.07) is 0. The minimum Gasteiger partial charge on any atom is -0.378 e. The first-order chi connectivity index (χ1) is 9.03. The molecule has 0 unspecified atom stereocenters. The Morgan fingerprint density at radius 2 is 1.05 bits per heavy atom. The first-order valence-electron chi connectivity index (χ1n) is 7.90. The zero-order chi connectivity index (χ0) is 15.5. The molecule has 0 amide bonds. The van der Waals surface area contributed by atoms with Crippen molar-refractivity contribution in [2.24, 2.45) is 0 Å². The average Bonchev–Trinajstić information content (AvgIpc) is 2.83. The van der Waals surface area contributed by atoms with Gasteiger partial charge in [-0.05, 0) is 6.92 Å². The van der Waals surface area contributed by atoms with Crippen LogP contribution in [0.2, 0.25) is 0 Å². The van der Waals surface area contributed by atoms with Crippen molar-refractivity contribution in [2.45, 2.75) is 93.9 Å². The number of unbranched alkanes of at least 4 members (excludes halogenated alkanes) is 3. The molecule has 0 saturated carbocycles. The van der Waals surface area contributed by atoms with Crippen LogP contribution in [0.3, 0.4) is 0 Å². The average molecular weight is 390 g/mol. The molecule has 3 heteroatoms. The molecule has 1 aliphatic rings. The van der Waals surface area contributed by atoms with Gasteiger partial charge in [-0.15, -0.1) is 0 Å². The summed E-state index contributed by atoms with van der Waals surface area (Å²) < 4.78 is 0. The van der Waals surface area contributed by atoms with E-state index in [1.807, 2.05) is 13.8 Å². The number of nitrogens with one attached hydrogen (secondary N) is 1. The van der Waals surface area contributed by atoms with Crippen LogP contribution in [0.15, 0.2) is 17.2 Å². The topological polar surface area (TPSA) is 21.3 Å². The van der Waals surface area contributed by atoms with E-state index >= 15 is 0 Å². The van der Waals surface area contributed by atoms with E-state index in [1.54, 1.807) is 0 Å². The van der Waals surface area contributed by atoms with Gasteiger partial charge in [0.25, 0.3) is 0 Å². The van der Waals surface area contributed by atoms with E-state index in [9.17, 15) is 0 Å². The Morgan fingerprint density at radius 1 is 0.750 bits per heavy atom. The van der Waals surface area contributed by atoms with Crippen molar-refractivity contribution in [1.29, 1.82) is 0 Å². The van der Waals surface area contributed by atoms with Gasteiger partial charge in [-0.1, -0.05) is 85.8 Å². The van der Waals surface area contributed by atoms with Crippen molar-refractivity contribution in [3.63, 3.8) is 0 Å². The molecular formula is C17H37NOSn. The van der Waals surface area contributed by atoms with E-state index in [0.717, 1.165) is 11.5 Å². The molecule has 0 fully saturated rings. The van der Waals surface area contributed by atoms with Gasteiger partial charge < -0.3 is 4.84 Å². The van der Waals surface area contributed by atoms with Gasteiger partial charge in [-0.25, -0.2) is 5.48 Å². The Kier molecular flexibility index (Phi) is 38.4. The van der Waals surface area contributed by atoms with Crippen LogP contribution in [0.25, 0.3) is 0 Å². The molecule has 4 radical (unpaired) electrons. The first-order valence-corrected chi connectivity index (χ1v) is 7.90. The zero-order valence-electron chi connectivity index (χ0n) is 15.2. The second-order valence-corrected chi connectivity index (χ2v) is 4.51. The minimum atomic E-state index is 0. The monoisotopic (exact) mass is 391 g/mol. The number of rotatable bonds is 3. The maximum Gasteiger partial charge on any atom is 0.172 e. The predicted molar refractivity (Wildman–Crippen MR) is 93.6 cm³/mol. The molecular weight excluding hydrogens is 353 g/mol. The van der Waals surface area contributed by atoms with Crippen molar-refractivity contribution in [3.05, 3.63) is 17.2 Å². The molecule has 1 heterocycles. The summed E-state index contributed by atoms with van der Waals surface area (Å²) in [6.07, 6.45) is 7.92. The molecule has 120 valence electrons. The second kappa shape index (κ2) is 27.3. The molecule has 1 rings (SSSR count). The zero-order valence-corrected chi connectivity index (χ0v) is 18.0. The van der Waals surface area contributed by atoms with E-state index in [2.05, 4.69) is 52.8 Å². The second-order valence-electron chi connectivity index (χ2n) is 4.51. The minimum absolute atomic E-state index is 0. The smallest absolute Gasteiger partial charge is 0.172 e. The van der Waals surface area contributed by atoms with Crippen LogP contribution >= 0.6 is 0 Å². The fourth-order valence-electron chi connectivity index (χ4n) is 0.468. The normalized spacial score (nSPS) is 10.4. The largest absolute Gasteiger partial charge is 0.378 e. The molecule has 0 spiro atoms. The Bertz CT molecular complexity index is 192.